The number of carbonyl (C=O) groups is 1. The van der Waals surface area contributed by atoms with E-state index < -0.39 is 0 Å². The van der Waals surface area contributed by atoms with Crippen molar-refractivity contribution in [1.82, 2.24) is 4.90 Å². The van der Waals surface area contributed by atoms with E-state index in [-0.39, 0.29) is 5.91 Å². The average Bonchev–Trinajstić information content (AvgIpc) is 2.65. The van der Waals surface area contributed by atoms with E-state index >= 15 is 0 Å². The molecule has 2 rings (SSSR count). The van der Waals surface area contributed by atoms with Crippen LogP contribution >= 0.6 is 0 Å². The second-order valence-electron chi connectivity index (χ2n) is 4.20. The molecule has 16 heavy (non-hydrogen) atoms. The number of furan rings is 1. The third kappa shape index (κ3) is 2.64. The van der Waals surface area contributed by atoms with Gasteiger partial charge >= 0.3 is 0 Å². The standard InChI is InChI=1S/C12H18N2O2/c13-8-10-5-6-11(16-10)9-14-7-3-1-2-4-12(14)15/h5-6H,1-4,7-9,13H2. The van der Waals surface area contributed by atoms with Crippen molar-refractivity contribution in [3.05, 3.63) is 23.7 Å². The van der Waals surface area contributed by atoms with E-state index in [9.17, 15) is 4.79 Å². The van der Waals surface area contributed by atoms with E-state index in [0.717, 1.165) is 37.3 Å². The summed E-state index contributed by atoms with van der Waals surface area (Å²) in [5.41, 5.74) is 5.47. The fourth-order valence-corrected chi connectivity index (χ4v) is 2.01. The van der Waals surface area contributed by atoms with Crippen LogP contribution in [0.4, 0.5) is 0 Å². The molecule has 0 atom stereocenters. The second-order valence-corrected chi connectivity index (χ2v) is 4.20. The van der Waals surface area contributed by atoms with E-state index in [4.69, 9.17) is 10.2 Å². The minimum Gasteiger partial charge on any atom is -0.463 e. The molecule has 1 aromatic rings. The van der Waals surface area contributed by atoms with Crippen molar-refractivity contribution in [3.63, 3.8) is 0 Å². The molecule has 0 spiro atoms. The predicted octanol–water partition coefficient (Wildman–Crippen LogP) is 1.64. The van der Waals surface area contributed by atoms with Crippen LogP contribution in [0.15, 0.2) is 16.5 Å². The SMILES string of the molecule is NCc1ccc(CN2CCCCCC2=O)o1. The first-order valence-electron chi connectivity index (χ1n) is 5.85. The van der Waals surface area contributed by atoms with Gasteiger partial charge in [0.05, 0.1) is 13.1 Å². The summed E-state index contributed by atoms with van der Waals surface area (Å²) in [5.74, 6) is 1.84. The van der Waals surface area contributed by atoms with Crippen molar-refractivity contribution in [2.75, 3.05) is 6.54 Å². The Kier molecular flexibility index (Phi) is 3.62. The zero-order valence-corrected chi connectivity index (χ0v) is 9.45. The summed E-state index contributed by atoms with van der Waals surface area (Å²) in [6.45, 7) is 1.84. The second kappa shape index (κ2) is 5.16. The summed E-state index contributed by atoms with van der Waals surface area (Å²) < 4.78 is 5.51. The van der Waals surface area contributed by atoms with Gasteiger partial charge in [0.25, 0.3) is 0 Å². The predicted molar refractivity (Wildman–Crippen MR) is 60.5 cm³/mol. The highest BCUT2D eigenvalue weighted by Crippen LogP contribution is 2.16. The average molecular weight is 222 g/mol. The van der Waals surface area contributed by atoms with E-state index in [1.807, 2.05) is 17.0 Å². The van der Waals surface area contributed by atoms with Gasteiger partial charge in [0.15, 0.2) is 0 Å². The van der Waals surface area contributed by atoms with Gasteiger partial charge in [0.2, 0.25) is 5.91 Å². The third-order valence-corrected chi connectivity index (χ3v) is 2.94. The minimum atomic E-state index is 0.239. The Morgan fingerprint density at radius 1 is 1.25 bits per heavy atom. The molecular weight excluding hydrogens is 204 g/mol. The van der Waals surface area contributed by atoms with Gasteiger partial charge in [-0.3, -0.25) is 4.79 Å². The van der Waals surface area contributed by atoms with Crippen LogP contribution in [0.2, 0.25) is 0 Å². The molecule has 0 aromatic carbocycles. The number of amides is 1. The maximum Gasteiger partial charge on any atom is 0.222 e. The van der Waals surface area contributed by atoms with Crippen molar-refractivity contribution in [2.24, 2.45) is 5.73 Å². The van der Waals surface area contributed by atoms with Crippen LogP contribution in [0.5, 0.6) is 0 Å². The van der Waals surface area contributed by atoms with Gasteiger partial charge in [-0.1, -0.05) is 6.42 Å². The molecule has 2 N–H and O–H groups in total. The molecule has 88 valence electrons. The number of hydrogen-bond donors (Lipinski definition) is 1. The Morgan fingerprint density at radius 2 is 2.06 bits per heavy atom. The van der Waals surface area contributed by atoms with Crippen LogP contribution in [0.25, 0.3) is 0 Å². The molecular formula is C12H18N2O2. The summed E-state index contributed by atoms with van der Waals surface area (Å²) >= 11 is 0. The Bertz CT molecular complexity index is 360. The Labute approximate surface area is 95.4 Å². The van der Waals surface area contributed by atoms with Crippen LogP contribution < -0.4 is 5.73 Å². The number of nitrogens with two attached hydrogens (primary N) is 1. The molecule has 4 heteroatoms. The zero-order chi connectivity index (χ0) is 11.4. The summed E-state index contributed by atoms with van der Waals surface area (Å²) in [4.78, 5) is 13.6. The number of likely N-dealkylation sites (tertiary alicyclic amines) is 1. The van der Waals surface area contributed by atoms with Gasteiger partial charge in [-0.15, -0.1) is 0 Å². The molecule has 0 radical (unpaired) electrons. The van der Waals surface area contributed by atoms with Gasteiger partial charge in [-0.2, -0.15) is 0 Å². The molecule has 1 amide bonds. The van der Waals surface area contributed by atoms with Crippen molar-refractivity contribution in [1.29, 1.82) is 0 Å². The smallest absolute Gasteiger partial charge is 0.222 e. The number of hydrogen-bond acceptors (Lipinski definition) is 3. The first-order valence-corrected chi connectivity index (χ1v) is 5.85. The monoisotopic (exact) mass is 222 g/mol. The lowest BCUT2D eigenvalue weighted by atomic mass is 10.2. The zero-order valence-electron chi connectivity index (χ0n) is 9.45. The maximum absolute atomic E-state index is 11.8. The topological polar surface area (TPSA) is 59.5 Å². The van der Waals surface area contributed by atoms with Crippen LogP contribution in [0, 0.1) is 0 Å². The van der Waals surface area contributed by atoms with Gasteiger partial charge in [0, 0.05) is 13.0 Å². The minimum absolute atomic E-state index is 0.239. The quantitative estimate of drug-likeness (QED) is 0.845. The van der Waals surface area contributed by atoms with Crippen molar-refractivity contribution in [3.8, 4) is 0 Å². The highest BCUT2D eigenvalue weighted by molar-refractivity contribution is 5.76. The lowest BCUT2D eigenvalue weighted by Gasteiger charge is -2.18. The first kappa shape index (κ1) is 11.2. The molecule has 1 fully saturated rings. The molecule has 4 nitrogen and oxygen atoms in total. The Morgan fingerprint density at radius 3 is 2.81 bits per heavy atom. The van der Waals surface area contributed by atoms with E-state index in [1.54, 1.807) is 0 Å². The van der Waals surface area contributed by atoms with Crippen LogP contribution in [0.3, 0.4) is 0 Å². The van der Waals surface area contributed by atoms with Crippen LogP contribution in [-0.4, -0.2) is 17.4 Å². The number of rotatable bonds is 3. The van der Waals surface area contributed by atoms with Crippen molar-refractivity contribution < 1.29 is 9.21 Å². The Balaban J connectivity index is 1.99. The molecule has 0 unspecified atom stereocenters. The molecule has 1 aliphatic heterocycles. The molecule has 0 saturated carbocycles. The molecule has 1 saturated heterocycles. The normalized spacial score (nSPS) is 17.6. The molecule has 1 aliphatic rings. The molecule has 1 aromatic heterocycles. The lowest BCUT2D eigenvalue weighted by Crippen LogP contribution is -2.29. The maximum atomic E-state index is 11.8. The van der Waals surface area contributed by atoms with Gasteiger partial charge < -0.3 is 15.1 Å². The van der Waals surface area contributed by atoms with E-state index in [2.05, 4.69) is 0 Å². The summed E-state index contributed by atoms with van der Waals surface area (Å²) in [6, 6.07) is 3.78. The van der Waals surface area contributed by atoms with E-state index in [0.29, 0.717) is 19.5 Å². The lowest BCUT2D eigenvalue weighted by molar-refractivity contribution is -0.131. The number of carbonyl (C=O) groups excluding carboxylic acids is 1. The summed E-state index contributed by atoms with van der Waals surface area (Å²) in [6.07, 6.45) is 3.93. The molecule has 2 heterocycles. The van der Waals surface area contributed by atoms with Crippen LogP contribution in [-0.2, 0) is 17.9 Å². The Hall–Kier alpha value is -1.29. The summed E-state index contributed by atoms with van der Waals surface area (Å²) in [7, 11) is 0. The first-order chi connectivity index (χ1) is 7.79. The summed E-state index contributed by atoms with van der Waals surface area (Å²) in [5, 5.41) is 0. The molecule has 0 bridgehead atoms. The third-order valence-electron chi connectivity index (χ3n) is 2.94. The fraction of sp³-hybridized carbons (Fsp3) is 0.583. The highest BCUT2D eigenvalue weighted by atomic mass is 16.3. The van der Waals surface area contributed by atoms with Gasteiger partial charge in [-0.05, 0) is 25.0 Å². The number of nitrogens with zero attached hydrogens (tertiary/aromatic N) is 1. The fourth-order valence-electron chi connectivity index (χ4n) is 2.01. The molecule has 0 aliphatic carbocycles. The van der Waals surface area contributed by atoms with Crippen molar-refractivity contribution >= 4 is 5.91 Å². The van der Waals surface area contributed by atoms with E-state index in [1.165, 1.54) is 0 Å². The highest BCUT2D eigenvalue weighted by Gasteiger charge is 2.17. The van der Waals surface area contributed by atoms with Crippen LogP contribution in [0.1, 0.15) is 37.2 Å². The van der Waals surface area contributed by atoms with Gasteiger partial charge in [0.1, 0.15) is 11.5 Å². The van der Waals surface area contributed by atoms with Crippen molar-refractivity contribution in [2.45, 2.75) is 38.8 Å². The van der Waals surface area contributed by atoms with Gasteiger partial charge in [-0.25, -0.2) is 0 Å². The largest absolute Gasteiger partial charge is 0.463 e.